The van der Waals surface area contributed by atoms with Crippen LogP contribution in [0.4, 0.5) is 17.1 Å². The molecule has 140 valence electrons. The van der Waals surface area contributed by atoms with Crippen molar-refractivity contribution in [3.63, 3.8) is 0 Å². The zero-order valence-corrected chi connectivity index (χ0v) is 16.5. The Kier molecular flexibility index (Phi) is 5.41. The van der Waals surface area contributed by atoms with Crippen LogP contribution in [-0.4, -0.2) is 40.3 Å². The van der Waals surface area contributed by atoms with E-state index in [0.717, 1.165) is 31.9 Å². The van der Waals surface area contributed by atoms with Crippen LogP contribution in [0.2, 0.25) is 0 Å². The first-order chi connectivity index (χ1) is 12.4. The van der Waals surface area contributed by atoms with Crippen molar-refractivity contribution >= 4 is 27.1 Å². The van der Waals surface area contributed by atoms with E-state index in [4.69, 9.17) is 0 Å². The molecule has 0 bridgehead atoms. The summed E-state index contributed by atoms with van der Waals surface area (Å²) in [7, 11) is -3.23. The lowest BCUT2D eigenvalue weighted by Crippen LogP contribution is -2.46. The lowest BCUT2D eigenvalue weighted by atomic mass is 10.1. The Morgan fingerprint density at radius 3 is 2.15 bits per heavy atom. The number of hydrogen-bond donors (Lipinski definition) is 1. The van der Waals surface area contributed by atoms with Crippen LogP contribution in [0.3, 0.4) is 0 Å². The lowest BCUT2D eigenvalue weighted by molar-refractivity contribution is 0.602. The zero-order chi connectivity index (χ0) is 18.7. The smallest absolute Gasteiger partial charge is 0.232 e. The molecule has 1 heterocycles. The fraction of sp³-hybridized carbons (Fsp3) is 0.400. The zero-order valence-electron chi connectivity index (χ0n) is 15.7. The van der Waals surface area contributed by atoms with E-state index >= 15 is 0 Å². The van der Waals surface area contributed by atoms with Crippen LogP contribution < -0.4 is 14.5 Å². The molecule has 0 amide bonds. The molecule has 26 heavy (non-hydrogen) atoms. The standard InChI is InChI=1S/C20H27N3O2S/c1-4-26(24,25)21-18-8-10-19(11-9-18)22-12-14-23(15-13-22)20-7-5-6-16(2)17(20)3/h5-11,21H,4,12-15H2,1-3H3. The van der Waals surface area contributed by atoms with Crippen LogP contribution in [0.5, 0.6) is 0 Å². The summed E-state index contributed by atoms with van der Waals surface area (Å²) in [4.78, 5) is 4.79. The van der Waals surface area contributed by atoms with Gasteiger partial charge in [0.05, 0.1) is 5.75 Å². The van der Waals surface area contributed by atoms with Crippen molar-refractivity contribution in [3.8, 4) is 0 Å². The quantitative estimate of drug-likeness (QED) is 0.873. The van der Waals surface area contributed by atoms with Crippen molar-refractivity contribution in [2.45, 2.75) is 20.8 Å². The highest BCUT2D eigenvalue weighted by Gasteiger charge is 2.19. The van der Waals surface area contributed by atoms with Gasteiger partial charge < -0.3 is 9.80 Å². The van der Waals surface area contributed by atoms with Gasteiger partial charge in [-0.05, 0) is 62.2 Å². The van der Waals surface area contributed by atoms with Gasteiger partial charge in [0.25, 0.3) is 0 Å². The molecule has 1 fully saturated rings. The molecule has 0 unspecified atom stereocenters. The van der Waals surface area contributed by atoms with Crippen molar-refractivity contribution in [1.82, 2.24) is 0 Å². The van der Waals surface area contributed by atoms with Crippen molar-refractivity contribution in [2.24, 2.45) is 0 Å². The minimum absolute atomic E-state index is 0.0785. The van der Waals surface area contributed by atoms with Gasteiger partial charge in [-0.25, -0.2) is 8.42 Å². The predicted molar refractivity (Wildman–Crippen MR) is 110 cm³/mol. The molecule has 0 aromatic heterocycles. The number of piperazine rings is 1. The first-order valence-electron chi connectivity index (χ1n) is 9.06. The number of rotatable bonds is 5. The largest absolute Gasteiger partial charge is 0.368 e. The average molecular weight is 374 g/mol. The van der Waals surface area contributed by atoms with E-state index in [-0.39, 0.29) is 5.75 Å². The third-order valence-corrected chi connectivity index (χ3v) is 6.39. The summed E-state index contributed by atoms with van der Waals surface area (Å²) < 4.78 is 25.9. The van der Waals surface area contributed by atoms with Gasteiger partial charge in [-0.1, -0.05) is 12.1 Å². The van der Waals surface area contributed by atoms with E-state index in [2.05, 4.69) is 46.6 Å². The van der Waals surface area contributed by atoms with Gasteiger partial charge >= 0.3 is 0 Å². The second-order valence-corrected chi connectivity index (χ2v) is 8.76. The van der Waals surface area contributed by atoms with Crippen molar-refractivity contribution < 1.29 is 8.42 Å². The van der Waals surface area contributed by atoms with E-state index in [9.17, 15) is 8.42 Å². The molecule has 1 aliphatic rings. The number of aryl methyl sites for hydroxylation is 1. The van der Waals surface area contributed by atoms with E-state index in [1.165, 1.54) is 16.8 Å². The topological polar surface area (TPSA) is 52.7 Å². The van der Waals surface area contributed by atoms with E-state index in [1.807, 2.05) is 24.3 Å². The maximum atomic E-state index is 11.7. The SMILES string of the molecule is CCS(=O)(=O)Nc1ccc(N2CCN(c3cccc(C)c3C)CC2)cc1. The highest BCUT2D eigenvalue weighted by atomic mass is 32.2. The number of sulfonamides is 1. The molecule has 1 saturated heterocycles. The maximum Gasteiger partial charge on any atom is 0.232 e. The van der Waals surface area contributed by atoms with Crippen LogP contribution in [-0.2, 0) is 10.0 Å². The molecule has 1 N–H and O–H groups in total. The number of benzene rings is 2. The third kappa shape index (κ3) is 4.12. The molecular formula is C20H27N3O2S. The van der Waals surface area contributed by atoms with Gasteiger partial charge in [-0.15, -0.1) is 0 Å². The number of anilines is 3. The third-order valence-electron chi connectivity index (χ3n) is 5.08. The van der Waals surface area contributed by atoms with Gasteiger partial charge in [-0.3, -0.25) is 4.72 Å². The summed E-state index contributed by atoms with van der Waals surface area (Å²) in [6.07, 6.45) is 0. The molecule has 0 spiro atoms. The van der Waals surface area contributed by atoms with Crippen LogP contribution in [0.25, 0.3) is 0 Å². The Labute approximate surface area is 156 Å². The molecule has 2 aromatic carbocycles. The Balaban J connectivity index is 1.64. The van der Waals surface area contributed by atoms with Gasteiger partial charge in [0, 0.05) is 43.2 Å². The van der Waals surface area contributed by atoms with E-state index in [0.29, 0.717) is 5.69 Å². The molecule has 1 aliphatic heterocycles. The van der Waals surface area contributed by atoms with Gasteiger partial charge in [0.15, 0.2) is 0 Å². The summed E-state index contributed by atoms with van der Waals surface area (Å²) in [5.74, 6) is 0.0785. The van der Waals surface area contributed by atoms with Crippen molar-refractivity contribution in [3.05, 3.63) is 53.6 Å². The summed E-state index contributed by atoms with van der Waals surface area (Å²) in [6.45, 7) is 9.84. The van der Waals surface area contributed by atoms with Crippen LogP contribution >= 0.6 is 0 Å². The summed E-state index contributed by atoms with van der Waals surface area (Å²) in [5.41, 5.74) is 5.76. The van der Waals surface area contributed by atoms with E-state index < -0.39 is 10.0 Å². The molecule has 5 nitrogen and oxygen atoms in total. The first kappa shape index (κ1) is 18.6. The Morgan fingerprint density at radius 1 is 0.923 bits per heavy atom. The fourth-order valence-corrected chi connectivity index (χ4v) is 3.92. The Bertz CT molecular complexity index is 855. The minimum atomic E-state index is -3.23. The molecule has 2 aromatic rings. The minimum Gasteiger partial charge on any atom is -0.368 e. The monoisotopic (exact) mass is 373 g/mol. The average Bonchev–Trinajstić information content (AvgIpc) is 2.65. The van der Waals surface area contributed by atoms with Crippen LogP contribution in [0.1, 0.15) is 18.1 Å². The molecule has 0 saturated carbocycles. The molecular weight excluding hydrogens is 346 g/mol. The van der Waals surface area contributed by atoms with E-state index in [1.54, 1.807) is 6.92 Å². The second kappa shape index (κ2) is 7.58. The molecule has 3 rings (SSSR count). The first-order valence-corrected chi connectivity index (χ1v) is 10.7. The highest BCUT2D eigenvalue weighted by molar-refractivity contribution is 7.92. The van der Waals surface area contributed by atoms with Crippen molar-refractivity contribution in [1.29, 1.82) is 0 Å². The Hall–Kier alpha value is -2.21. The lowest BCUT2D eigenvalue weighted by Gasteiger charge is -2.38. The predicted octanol–water partition coefficient (Wildman–Crippen LogP) is 3.39. The second-order valence-electron chi connectivity index (χ2n) is 6.75. The summed E-state index contributed by atoms with van der Waals surface area (Å²) in [5, 5.41) is 0. The van der Waals surface area contributed by atoms with Gasteiger partial charge in [0.2, 0.25) is 10.0 Å². The summed E-state index contributed by atoms with van der Waals surface area (Å²) in [6, 6.07) is 14.1. The molecule has 0 atom stereocenters. The molecule has 0 radical (unpaired) electrons. The maximum absolute atomic E-state index is 11.7. The molecule has 0 aliphatic carbocycles. The van der Waals surface area contributed by atoms with Gasteiger partial charge in [-0.2, -0.15) is 0 Å². The number of nitrogens with zero attached hydrogens (tertiary/aromatic N) is 2. The fourth-order valence-electron chi connectivity index (χ4n) is 3.28. The summed E-state index contributed by atoms with van der Waals surface area (Å²) >= 11 is 0. The number of nitrogens with one attached hydrogen (secondary N) is 1. The Morgan fingerprint density at radius 2 is 1.54 bits per heavy atom. The van der Waals surface area contributed by atoms with Crippen LogP contribution in [0.15, 0.2) is 42.5 Å². The van der Waals surface area contributed by atoms with Crippen LogP contribution in [0, 0.1) is 13.8 Å². The normalized spacial score (nSPS) is 15.2. The van der Waals surface area contributed by atoms with Gasteiger partial charge in [0.1, 0.15) is 0 Å². The number of hydrogen-bond acceptors (Lipinski definition) is 4. The molecule has 6 heteroatoms. The van der Waals surface area contributed by atoms with Crippen molar-refractivity contribution in [2.75, 3.05) is 46.5 Å². The highest BCUT2D eigenvalue weighted by Crippen LogP contribution is 2.26.